The molecule has 2 heterocycles. The lowest BCUT2D eigenvalue weighted by molar-refractivity contribution is 0.102. The molecule has 106 valence electrons. The zero-order chi connectivity index (χ0) is 15.1. The van der Waals surface area contributed by atoms with E-state index >= 15 is 0 Å². The molecule has 4 heteroatoms. The maximum atomic E-state index is 12.9. The number of carbonyl (C=O) groups is 2. The molecule has 0 aliphatic heterocycles. The van der Waals surface area contributed by atoms with Gasteiger partial charge in [-0.2, -0.15) is 0 Å². The van der Waals surface area contributed by atoms with Crippen molar-refractivity contribution in [1.29, 1.82) is 0 Å². The van der Waals surface area contributed by atoms with Crippen molar-refractivity contribution in [3.63, 3.8) is 0 Å². The minimum atomic E-state index is -0.184. The van der Waals surface area contributed by atoms with Crippen molar-refractivity contribution in [2.24, 2.45) is 0 Å². The van der Waals surface area contributed by atoms with Gasteiger partial charge >= 0.3 is 0 Å². The molecule has 0 spiro atoms. The normalized spacial score (nSPS) is 11.1. The van der Waals surface area contributed by atoms with Crippen molar-refractivity contribution in [1.82, 2.24) is 9.97 Å². The highest BCUT2D eigenvalue weighted by atomic mass is 16.1. The summed E-state index contributed by atoms with van der Waals surface area (Å²) in [5, 5.41) is 1.61. The Bertz CT molecular complexity index is 1020. The van der Waals surface area contributed by atoms with Crippen LogP contribution in [0.15, 0.2) is 54.7 Å². The van der Waals surface area contributed by atoms with Crippen LogP contribution in [0.25, 0.3) is 21.8 Å². The number of carbonyl (C=O) groups excluding carboxylic acids is 2. The largest absolute Gasteiger partial charge is 0.360 e. The first-order chi connectivity index (χ1) is 10.8. The predicted octanol–water partition coefficient (Wildman–Crippen LogP) is 3.69. The summed E-state index contributed by atoms with van der Waals surface area (Å²) in [5.74, 6) is -0.184. The van der Waals surface area contributed by atoms with Crippen LogP contribution in [0, 0.1) is 0 Å². The molecule has 0 amide bonds. The lowest BCUT2D eigenvalue weighted by atomic mass is 10.0. The number of ketones is 1. The van der Waals surface area contributed by atoms with Crippen LogP contribution in [0.2, 0.25) is 0 Å². The van der Waals surface area contributed by atoms with Gasteiger partial charge in [-0.05, 0) is 12.1 Å². The van der Waals surface area contributed by atoms with Crippen molar-refractivity contribution in [2.75, 3.05) is 0 Å². The van der Waals surface area contributed by atoms with E-state index in [0.717, 1.165) is 28.1 Å². The van der Waals surface area contributed by atoms with E-state index in [1.165, 1.54) is 0 Å². The van der Waals surface area contributed by atoms with Crippen molar-refractivity contribution in [3.05, 3.63) is 71.5 Å². The van der Waals surface area contributed by atoms with Crippen LogP contribution in [-0.4, -0.2) is 22.0 Å². The van der Waals surface area contributed by atoms with Gasteiger partial charge in [-0.15, -0.1) is 0 Å². The van der Waals surface area contributed by atoms with Crippen LogP contribution >= 0.6 is 0 Å². The predicted molar refractivity (Wildman–Crippen MR) is 85.4 cm³/mol. The van der Waals surface area contributed by atoms with Crippen LogP contribution in [0.5, 0.6) is 0 Å². The summed E-state index contributed by atoms with van der Waals surface area (Å²) in [6.45, 7) is 0. The van der Waals surface area contributed by atoms with E-state index in [-0.39, 0.29) is 5.78 Å². The zero-order valence-electron chi connectivity index (χ0n) is 11.6. The van der Waals surface area contributed by atoms with E-state index in [9.17, 15) is 9.59 Å². The number of hydrogen-bond acceptors (Lipinski definition) is 2. The van der Waals surface area contributed by atoms with Crippen LogP contribution < -0.4 is 0 Å². The number of hydrogen-bond donors (Lipinski definition) is 2. The molecule has 22 heavy (non-hydrogen) atoms. The standard InChI is InChI=1S/C18H12N2O2/c21-10-14-12-6-2-4-8-16(12)20-17(14)18(22)13-9-19-15-7-3-1-5-11(13)15/h1-10,19-20H. The van der Waals surface area contributed by atoms with Crippen LogP contribution in [0.4, 0.5) is 0 Å². The van der Waals surface area contributed by atoms with Crippen molar-refractivity contribution >= 4 is 33.9 Å². The summed E-state index contributed by atoms with van der Waals surface area (Å²) in [7, 11) is 0. The Kier molecular flexibility index (Phi) is 2.69. The number of aromatic nitrogens is 2. The average Bonchev–Trinajstić information content (AvgIpc) is 3.15. The van der Waals surface area contributed by atoms with Gasteiger partial charge in [0.05, 0.1) is 11.3 Å². The summed E-state index contributed by atoms with van der Waals surface area (Å²) >= 11 is 0. The van der Waals surface area contributed by atoms with Gasteiger partial charge in [0.1, 0.15) is 0 Å². The highest BCUT2D eigenvalue weighted by molar-refractivity contribution is 6.20. The molecule has 4 aromatic rings. The van der Waals surface area contributed by atoms with Gasteiger partial charge in [-0.1, -0.05) is 36.4 Å². The van der Waals surface area contributed by atoms with E-state index in [1.807, 2.05) is 48.5 Å². The number of fused-ring (bicyclic) bond motifs is 2. The Balaban J connectivity index is 1.95. The van der Waals surface area contributed by atoms with Crippen LogP contribution in [-0.2, 0) is 0 Å². The van der Waals surface area contributed by atoms with E-state index in [2.05, 4.69) is 9.97 Å². The minimum Gasteiger partial charge on any atom is -0.360 e. The second kappa shape index (κ2) is 4.70. The summed E-state index contributed by atoms with van der Waals surface area (Å²) in [5.41, 5.74) is 2.99. The van der Waals surface area contributed by atoms with Crippen molar-refractivity contribution in [2.45, 2.75) is 0 Å². The van der Waals surface area contributed by atoms with Gasteiger partial charge in [0.2, 0.25) is 5.78 Å². The molecule has 2 aromatic carbocycles. The Morgan fingerprint density at radius 2 is 1.59 bits per heavy atom. The SMILES string of the molecule is O=Cc1c(C(=O)c2c[nH]c3ccccc23)[nH]c2ccccc12. The Labute approximate surface area is 125 Å². The summed E-state index contributed by atoms with van der Waals surface area (Å²) in [6, 6.07) is 15.0. The lowest BCUT2D eigenvalue weighted by Gasteiger charge is -1.98. The fourth-order valence-electron chi connectivity index (χ4n) is 2.86. The van der Waals surface area contributed by atoms with E-state index in [0.29, 0.717) is 16.8 Å². The highest BCUT2D eigenvalue weighted by Gasteiger charge is 2.21. The van der Waals surface area contributed by atoms with Gasteiger partial charge in [0.25, 0.3) is 0 Å². The first-order valence-electron chi connectivity index (χ1n) is 6.96. The van der Waals surface area contributed by atoms with Crippen LogP contribution in [0.1, 0.15) is 26.4 Å². The molecule has 2 aromatic heterocycles. The molecule has 4 rings (SSSR count). The fourth-order valence-corrected chi connectivity index (χ4v) is 2.86. The lowest BCUT2D eigenvalue weighted by Crippen LogP contribution is -2.04. The second-order valence-electron chi connectivity index (χ2n) is 5.15. The Morgan fingerprint density at radius 3 is 2.36 bits per heavy atom. The van der Waals surface area contributed by atoms with Gasteiger partial charge in [-0.3, -0.25) is 9.59 Å². The first-order valence-corrected chi connectivity index (χ1v) is 6.96. The monoisotopic (exact) mass is 288 g/mol. The summed E-state index contributed by atoms with van der Waals surface area (Å²) in [4.78, 5) is 30.5. The minimum absolute atomic E-state index is 0.184. The molecule has 0 aliphatic carbocycles. The molecular formula is C18H12N2O2. The number of aldehydes is 1. The third-order valence-electron chi connectivity index (χ3n) is 3.93. The Morgan fingerprint density at radius 1 is 0.909 bits per heavy atom. The maximum Gasteiger partial charge on any atom is 0.212 e. The number of H-pyrrole nitrogens is 2. The average molecular weight is 288 g/mol. The number of rotatable bonds is 3. The molecule has 0 bridgehead atoms. The fraction of sp³-hybridized carbons (Fsp3) is 0. The first kappa shape index (κ1) is 12.6. The van der Waals surface area contributed by atoms with E-state index < -0.39 is 0 Å². The molecule has 0 fully saturated rings. The van der Waals surface area contributed by atoms with Gasteiger partial charge in [-0.25, -0.2) is 0 Å². The van der Waals surface area contributed by atoms with E-state index in [1.54, 1.807) is 6.20 Å². The van der Waals surface area contributed by atoms with Gasteiger partial charge in [0, 0.05) is 33.6 Å². The van der Waals surface area contributed by atoms with Gasteiger partial charge in [0.15, 0.2) is 6.29 Å². The number of benzene rings is 2. The van der Waals surface area contributed by atoms with Crippen molar-refractivity contribution < 1.29 is 9.59 Å². The van der Waals surface area contributed by atoms with Crippen molar-refractivity contribution in [3.8, 4) is 0 Å². The third kappa shape index (κ3) is 1.71. The maximum absolute atomic E-state index is 12.9. The molecule has 0 atom stereocenters. The zero-order valence-corrected chi connectivity index (χ0v) is 11.6. The summed E-state index contributed by atoms with van der Waals surface area (Å²) < 4.78 is 0. The summed E-state index contributed by atoms with van der Waals surface area (Å²) in [6.07, 6.45) is 2.42. The Hall–Kier alpha value is -3.14. The molecule has 2 N–H and O–H groups in total. The molecule has 0 aliphatic rings. The smallest absolute Gasteiger partial charge is 0.212 e. The highest BCUT2D eigenvalue weighted by Crippen LogP contribution is 2.26. The van der Waals surface area contributed by atoms with Crippen LogP contribution in [0.3, 0.4) is 0 Å². The quantitative estimate of drug-likeness (QED) is 0.446. The molecule has 0 radical (unpaired) electrons. The molecule has 0 saturated carbocycles. The second-order valence-corrected chi connectivity index (χ2v) is 5.15. The van der Waals surface area contributed by atoms with Gasteiger partial charge < -0.3 is 9.97 Å². The molecule has 0 saturated heterocycles. The van der Waals surface area contributed by atoms with E-state index in [4.69, 9.17) is 0 Å². The molecule has 0 unspecified atom stereocenters. The number of aromatic amines is 2. The molecule has 4 nitrogen and oxygen atoms in total. The third-order valence-corrected chi connectivity index (χ3v) is 3.93. The number of nitrogens with one attached hydrogen (secondary N) is 2. The molecular weight excluding hydrogens is 276 g/mol. The topological polar surface area (TPSA) is 65.7 Å². The number of para-hydroxylation sites is 2.